The zero-order valence-electron chi connectivity index (χ0n) is 13.2. The number of anilines is 1. The van der Waals surface area contributed by atoms with E-state index in [0.29, 0.717) is 30.2 Å². The number of likely N-dealkylation sites (tertiary alicyclic amines) is 1. The Morgan fingerprint density at radius 2 is 2.22 bits per heavy atom. The summed E-state index contributed by atoms with van der Waals surface area (Å²) in [5.41, 5.74) is 0.594. The van der Waals surface area contributed by atoms with Crippen molar-refractivity contribution in [1.82, 2.24) is 9.88 Å². The smallest absolute Gasteiger partial charge is 0.308 e. The SMILES string of the molecule is CC(C)C(=O)Nc1nc(CC(=O)N2CCC[C@H](C(=O)O)C2)cs1. The van der Waals surface area contributed by atoms with Gasteiger partial charge in [0.1, 0.15) is 0 Å². The van der Waals surface area contributed by atoms with Crippen molar-refractivity contribution in [1.29, 1.82) is 0 Å². The van der Waals surface area contributed by atoms with Crippen LogP contribution in [0.15, 0.2) is 5.38 Å². The molecule has 1 saturated heterocycles. The second-order valence-electron chi connectivity index (χ2n) is 5.98. The molecule has 1 aliphatic heterocycles. The molecule has 1 aromatic heterocycles. The zero-order valence-corrected chi connectivity index (χ0v) is 14.1. The molecular formula is C15H21N3O4S. The molecule has 0 saturated carbocycles. The van der Waals surface area contributed by atoms with Gasteiger partial charge in [-0.3, -0.25) is 14.4 Å². The van der Waals surface area contributed by atoms with Crippen LogP contribution < -0.4 is 5.32 Å². The number of hydrogen-bond donors (Lipinski definition) is 2. The lowest BCUT2D eigenvalue weighted by atomic mass is 9.98. The van der Waals surface area contributed by atoms with E-state index in [1.165, 1.54) is 11.3 Å². The van der Waals surface area contributed by atoms with Gasteiger partial charge in [-0.25, -0.2) is 4.98 Å². The standard InChI is InChI=1S/C15H21N3O4S/c1-9(2)13(20)17-15-16-11(8-23-15)6-12(19)18-5-3-4-10(7-18)14(21)22/h8-10H,3-7H2,1-2H3,(H,21,22)(H,16,17,20)/t10-/m0/s1. The van der Waals surface area contributed by atoms with E-state index in [0.717, 1.165) is 0 Å². The van der Waals surface area contributed by atoms with Gasteiger partial charge in [-0.05, 0) is 12.8 Å². The number of aliphatic carboxylic acids is 1. The first-order valence-electron chi connectivity index (χ1n) is 7.62. The van der Waals surface area contributed by atoms with E-state index in [4.69, 9.17) is 5.11 Å². The van der Waals surface area contributed by atoms with Crippen molar-refractivity contribution in [3.63, 3.8) is 0 Å². The van der Waals surface area contributed by atoms with Crippen LogP contribution in [0.25, 0.3) is 0 Å². The van der Waals surface area contributed by atoms with Gasteiger partial charge in [0.15, 0.2) is 5.13 Å². The molecule has 1 fully saturated rings. The second kappa shape index (κ2) is 7.54. The number of carboxylic acids is 1. The van der Waals surface area contributed by atoms with Crippen LogP contribution in [0, 0.1) is 11.8 Å². The van der Waals surface area contributed by atoms with Gasteiger partial charge < -0.3 is 15.3 Å². The predicted molar refractivity (Wildman–Crippen MR) is 86.2 cm³/mol. The number of carbonyl (C=O) groups is 3. The number of rotatable bonds is 5. The molecule has 0 radical (unpaired) electrons. The first-order chi connectivity index (χ1) is 10.9. The normalized spacial score (nSPS) is 18.0. The molecule has 23 heavy (non-hydrogen) atoms. The summed E-state index contributed by atoms with van der Waals surface area (Å²) in [5.74, 6) is -1.70. The molecule has 0 spiro atoms. The number of amides is 2. The summed E-state index contributed by atoms with van der Waals surface area (Å²) in [4.78, 5) is 40.8. The second-order valence-corrected chi connectivity index (χ2v) is 6.84. The Kier molecular flexibility index (Phi) is 5.70. The predicted octanol–water partition coefficient (Wildman–Crippen LogP) is 1.60. The Balaban J connectivity index is 1.91. The Labute approximate surface area is 138 Å². The average Bonchev–Trinajstić information content (AvgIpc) is 2.94. The summed E-state index contributed by atoms with van der Waals surface area (Å²) in [6, 6.07) is 0. The van der Waals surface area contributed by atoms with Gasteiger partial charge in [0, 0.05) is 24.4 Å². The molecule has 0 aliphatic carbocycles. The number of nitrogens with one attached hydrogen (secondary N) is 1. The van der Waals surface area contributed by atoms with Gasteiger partial charge in [0.2, 0.25) is 11.8 Å². The van der Waals surface area contributed by atoms with E-state index < -0.39 is 11.9 Å². The van der Waals surface area contributed by atoms with Gasteiger partial charge in [-0.15, -0.1) is 11.3 Å². The lowest BCUT2D eigenvalue weighted by Crippen LogP contribution is -2.43. The van der Waals surface area contributed by atoms with Crippen molar-refractivity contribution in [2.24, 2.45) is 11.8 Å². The van der Waals surface area contributed by atoms with Gasteiger partial charge in [-0.1, -0.05) is 13.8 Å². The summed E-state index contributed by atoms with van der Waals surface area (Å²) in [6.07, 6.45) is 1.44. The van der Waals surface area contributed by atoms with E-state index in [2.05, 4.69) is 10.3 Å². The highest BCUT2D eigenvalue weighted by atomic mass is 32.1. The van der Waals surface area contributed by atoms with Crippen molar-refractivity contribution in [2.45, 2.75) is 33.1 Å². The van der Waals surface area contributed by atoms with Crippen LogP contribution in [0.4, 0.5) is 5.13 Å². The topological polar surface area (TPSA) is 99.6 Å². The fourth-order valence-corrected chi connectivity index (χ4v) is 3.08. The quantitative estimate of drug-likeness (QED) is 0.849. The van der Waals surface area contributed by atoms with E-state index >= 15 is 0 Å². The maximum absolute atomic E-state index is 12.3. The number of piperidine rings is 1. The summed E-state index contributed by atoms with van der Waals surface area (Å²) in [6.45, 7) is 4.43. The van der Waals surface area contributed by atoms with E-state index in [1.807, 2.05) is 0 Å². The van der Waals surface area contributed by atoms with Crippen LogP contribution in [-0.4, -0.2) is 45.9 Å². The van der Waals surface area contributed by atoms with E-state index in [1.54, 1.807) is 24.1 Å². The van der Waals surface area contributed by atoms with Gasteiger partial charge in [0.25, 0.3) is 0 Å². The molecule has 0 bridgehead atoms. The largest absolute Gasteiger partial charge is 0.481 e. The molecule has 8 heteroatoms. The first-order valence-corrected chi connectivity index (χ1v) is 8.50. The third-order valence-electron chi connectivity index (χ3n) is 3.76. The summed E-state index contributed by atoms with van der Waals surface area (Å²) in [7, 11) is 0. The highest BCUT2D eigenvalue weighted by Crippen LogP contribution is 2.20. The first kappa shape index (κ1) is 17.4. The Bertz CT molecular complexity index is 599. The summed E-state index contributed by atoms with van der Waals surface area (Å²) in [5, 5.41) is 14.0. The van der Waals surface area contributed by atoms with E-state index in [9.17, 15) is 14.4 Å². The number of aromatic nitrogens is 1. The van der Waals surface area contributed by atoms with Crippen molar-refractivity contribution >= 4 is 34.3 Å². The fraction of sp³-hybridized carbons (Fsp3) is 0.600. The number of hydrogen-bond acceptors (Lipinski definition) is 5. The third kappa shape index (κ3) is 4.75. The number of carboxylic acid groups (broad SMARTS) is 1. The molecule has 1 aromatic rings. The van der Waals surface area contributed by atoms with Crippen LogP contribution >= 0.6 is 11.3 Å². The molecule has 2 heterocycles. The average molecular weight is 339 g/mol. The maximum Gasteiger partial charge on any atom is 0.308 e. The molecular weight excluding hydrogens is 318 g/mol. The number of thiazole rings is 1. The summed E-state index contributed by atoms with van der Waals surface area (Å²) >= 11 is 1.28. The van der Waals surface area contributed by atoms with Crippen molar-refractivity contribution < 1.29 is 19.5 Å². The Morgan fingerprint density at radius 1 is 1.48 bits per heavy atom. The van der Waals surface area contributed by atoms with Gasteiger partial charge >= 0.3 is 5.97 Å². The van der Waals surface area contributed by atoms with Crippen molar-refractivity contribution in [3.8, 4) is 0 Å². The molecule has 1 atom stereocenters. The molecule has 126 valence electrons. The van der Waals surface area contributed by atoms with Crippen LogP contribution in [-0.2, 0) is 20.8 Å². The zero-order chi connectivity index (χ0) is 17.0. The molecule has 7 nitrogen and oxygen atoms in total. The van der Waals surface area contributed by atoms with E-state index in [-0.39, 0.29) is 30.7 Å². The van der Waals surface area contributed by atoms with Crippen LogP contribution in [0.2, 0.25) is 0 Å². The molecule has 0 aromatic carbocycles. The molecule has 2 amide bonds. The van der Waals surface area contributed by atoms with Gasteiger partial charge in [0.05, 0.1) is 18.0 Å². The molecule has 2 rings (SSSR count). The van der Waals surface area contributed by atoms with Crippen molar-refractivity contribution in [2.75, 3.05) is 18.4 Å². The minimum absolute atomic E-state index is 0.113. The number of nitrogens with zero attached hydrogens (tertiary/aromatic N) is 2. The molecule has 1 aliphatic rings. The highest BCUT2D eigenvalue weighted by molar-refractivity contribution is 7.13. The lowest BCUT2D eigenvalue weighted by molar-refractivity contribution is -0.145. The van der Waals surface area contributed by atoms with Crippen LogP contribution in [0.1, 0.15) is 32.4 Å². The Morgan fingerprint density at radius 3 is 2.87 bits per heavy atom. The Hall–Kier alpha value is -1.96. The minimum Gasteiger partial charge on any atom is -0.481 e. The summed E-state index contributed by atoms with van der Waals surface area (Å²) < 4.78 is 0. The minimum atomic E-state index is -0.852. The number of carbonyl (C=O) groups excluding carboxylic acids is 2. The van der Waals surface area contributed by atoms with Gasteiger partial charge in [-0.2, -0.15) is 0 Å². The van der Waals surface area contributed by atoms with Crippen LogP contribution in [0.3, 0.4) is 0 Å². The van der Waals surface area contributed by atoms with Crippen molar-refractivity contribution in [3.05, 3.63) is 11.1 Å². The van der Waals surface area contributed by atoms with Crippen LogP contribution in [0.5, 0.6) is 0 Å². The molecule has 2 N–H and O–H groups in total. The highest BCUT2D eigenvalue weighted by Gasteiger charge is 2.28. The third-order valence-corrected chi connectivity index (χ3v) is 4.57. The fourth-order valence-electron chi connectivity index (χ4n) is 2.37. The molecule has 0 unspecified atom stereocenters. The monoisotopic (exact) mass is 339 g/mol. The lowest BCUT2D eigenvalue weighted by Gasteiger charge is -2.30. The maximum atomic E-state index is 12.3.